The fraction of sp³-hybridized carbons (Fsp3) is 0.286. The number of hydrogen-bond donors (Lipinski definition) is 0. The minimum absolute atomic E-state index is 0.0848. The number of hydrogen-bond acceptors (Lipinski definition) is 4. The number of nitrogens with zero attached hydrogens (tertiary/aromatic N) is 2. The zero-order valence-corrected chi connectivity index (χ0v) is 12.1. The first-order valence-corrected chi connectivity index (χ1v) is 6.45. The molecule has 9 heteroatoms. The van der Waals surface area contributed by atoms with Gasteiger partial charge in [-0.1, -0.05) is 0 Å². The number of alkyl halides is 3. The maximum Gasteiger partial charge on any atom is 0.434 e. The highest BCUT2D eigenvalue weighted by Crippen LogP contribution is 2.34. The predicted octanol–water partition coefficient (Wildman–Crippen LogP) is 3.22. The zero-order valence-electron chi connectivity index (χ0n) is 12.1. The van der Waals surface area contributed by atoms with Crippen LogP contribution in [-0.2, 0) is 10.9 Å². The van der Waals surface area contributed by atoms with Crippen LogP contribution in [0, 0.1) is 5.82 Å². The van der Waals surface area contributed by atoms with Crippen LogP contribution < -0.4 is 4.74 Å². The van der Waals surface area contributed by atoms with Gasteiger partial charge in [-0.25, -0.2) is 13.9 Å². The van der Waals surface area contributed by atoms with Crippen molar-refractivity contribution in [2.75, 3.05) is 13.7 Å². The molecule has 0 aliphatic rings. The Morgan fingerprint density at radius 2 is 2.04 bits per heavy atom. The summed E-state index contributed by atoms with van der Waals surface area (Å²) in [6.45, 7) is 1.38. The molecule has 0 unspecified atom stereocenters. The van der Waals surface area contributed by atoms with Gasteiger partial charge in [-0.3, -0.25) is 0 Å². The van der Waals surface area contributed by atoms with Crippen LogP contribution in [0.25, 0.3) is 5.69 Å². The van der Waals surface area contributed by atoms with Gasteiger partial charge in [0.2, 0.25) is 0 Å². The molecule has 124 valence electrons. The van der Waals surface area contributed by atoms with E-state index in [-0.39, 0.29) is 18.0 Å². The van der Waals surface area contributed by atoms with E-state index < -0.39 is 29.2 Å². The first-order chi connectivity index (χ1) is 10.8. The lowest BCUT2D eigenvalue weighted by Crippen LogP contribution is -2.18. The molecule has 0 N–H and O–H groups in total. The van der Waals surface area contributed by atoms with Gasteiger partial charge in [-0.2, -0.15) is 18.3 Å². The Balaban J connectivity index is 2.59. The molecule has 0 radical (unpaired) electrons. The van der Waals surface area contributed by atoms with Crippen molar-refractivity contribution in [3.8, 4) is 11.4 Å². The van der Waals surface area contributed by atoms with Crippen LogP contribution in [0.5, 0.6) is 5.75 Å². The van der Waals surface area contributed by atoms with Crippen molar-refractivity contribution < 1.29 is 31.8 Å². The van der Waals surface area contributed by atoms with E-state index in [1.807, 2.05) is 0 Å². The average molecular weight is 332 g/mol. The fourth-order valence-corrected chi connectivity index (χ4v) is 1.96. The smallest absolute Gasteiger partial charge is 0.434 e. The SMILES string of the molecule is CCOC(=O)c1cnn(-c2ccc(OC)c(F)c2)c1C(F)(F)F. The maximum atomic E-state index is 13.7. The molecule has 0 saturated heterocycles. The Kier molecular flexibility index (Phi) is 4.57. The molecule has 0 amide bonds. The number of carbonyl (C=O) groups excluding carboxylic acids is 1. The predicted molar refractivity (Wildman–Crippen MR) is 71.0 cm³/mol. The van der Waals surface area contributed by atoms with Crippen molar-refractivity contribution in [2.45, 2.75) is 13.1 Å². The molecule has 0 atom stereocenters. The highest BCUT2D eigenvalue weighted by Gasteiger charge is 2.41. The Morgan fingerprint density at radius 1 is 1.35 bits per heavy atom. The lowest BCUT2D eigenvalue weighted by atomic mass is 10.2. The molecule has 2 rings (SSSR count). The topological polar surface area (TPSA) is 53.3 Å². The molecule has 0 saturated carbocycles. The Morgan fingerprint density at radius 3 is 2.57 bits per heavy atom. The Labute approximate surface area is 128 Å². The molecule has 0 bridgehead atoms. The molecule has 0 aliphatic carbocycles. The molecule has 2 aromatic rings. The van der Waals surface area contributed by atoms with Crippen LogP contribution in [0.4, 0.5) is 17.6 Å². The van der Waals surface area contributed by atoms with Crippen molar-refractivity contribution in [3.05, 3.63) is 41.5 Å². The summed E-state index contributed by atoms with van der Waals surface area (Å²) in [6, 6.07) is 3.19. The number of carbonyl (C=O) groups is 1. The van der Waals surface area contributed by atoms with Crippen LogP contribution in [0.3, 0.4) is 0 Å². The van der Waals surface area contributed by atoms with E-state index in [1.165, 1.54) is 20.1 Å². The second kappa shape index (κ2) is 6.27. The van der Waals surface area contributed by atoms with Gasteiger partial charge in [0.05, 0.1) is 25.6 Å². The van der Waals surface area contributed by atoms with Gasteiger partial charge in [0.15, 0.2) is 17.3 Å². The summed E-state index contributed by atoms with van der Waals surface area (Å²) in [5, 5.41) is 3.54. The van der Waals surface area contributed by atoms with Crippen LogP contribution in [0.2, 0.25) is 0 Å². The second-order valence-corrected chi connectivity index (χ2v) is 4.36. The maximum absolute atomic E-state index is 13.7. The molecular weight excluding hydrogens is 320 g/mol. The van der Waals surface area contributed by atoms with E-state index in [2.05, 4.69) is 9.84 Å². The summed E-state index contributed by atoms with van der Waals surface area (Å²) in [5.41, 5.74) is -2.28. The summed E-state index contributed by atoms with van der Waals surface area (Å²) in [5.74, 6) is -2.13. The minimum Gasteiger partial charge on any atom is -0.494 e. The van der Waals surface area contributed by atoms with Crippen LogP contribution in [0.15, 0.2) is 24.4 Å². The molecular formula is C14H12F4N2O3. The molecule has 1 aromatic heterocycles. The van der Waals surface area contributed by atoms with Gasteiger partial charge in [0.1, 0.15) is 5.56 Å². The first kappa shape index (κ1) is 16.8. The fourth-order valence-electron chi connectivity index (χ4n) is 1.96. The number of ether oxygens (including phenoxy) is 2. The van der Waals surface area contributed by atoms with Crippen molar-refractivity contribution in [3.63, 3.8) is 0 Å². The van der Waals surface area contributed by atoms with Gasteiger partial charge in [-0.15, -0.1) is 0 Å². The molecule has 1 aromatic carbocycles. The van der Waals surface area contributed by atoms with Crippen LogP contribution in [-0.4, -0.2) is 29.5 Å². The summed E-state index contributed by atoms with van der Waals surface area (Å²) < 4.78 is 63.3. The number of rotatable bonds is 4. The van der Waals surface area contributed by atoms with Crippen LogP contribution in [0.1, 0.15) is 23.0 Å². The molecule has 0 spiro atoms. The molecule has 0 fully saturated rings. The summed E-state index contributed by atoms with van der Waals surface area (Å²) in [6.07, 6.45) is -4.14. The number of methoxy groups -OCH3 is 1. The lowest BCUT2D eigenvalue weighted by molar-refractivity contribution is -0.143. The van der Waals surface area contributed by atoms with E-state index in [9.17, 15) is 22.4 Å². The van der Waals surface area contributed by atoms with Gasteiger partial charge in [0, 0.05) is 6.07 Å². The average Bonchev–Trinajstić information content (AvgIpc) is 2.92. The van der Waals surface area contributed by atoms with Gasteiger partial charge >= 0.3 is 12.1 Å². The molecule has 0 aliphatic heterocycles. The third-order valence-corrected chi connectivity index (χ3v) is 2.91. The Hall–Kier alpha value is -2.58. The van der Waals surface area contributed by atoms with Gasteiger partial charge < -0.3 is 9.47 Å². The second-order valence-electron chi connectivity index (χ2n) is 4.36. The number of esters is 1. The van der Waals surface area contributed by atoms with Crippen LogP contribution >= 0.6 is 0 Å². The molecule has 5 nitrogen and oxygen atoms in total. The Bertz CT molecular complexity index is 725. The number of benzene rings is 1. The van der Waals surface area contributed by atoms with E-state index in [4.69, 9.17) is 4.74 Å². The number of aromatic nitrogens is 2. The first-order valence-electron chi connectivity index (χ1n) is 6.45. The van der Waals surface area contributed by atoms with E-state index in [0.29, 0.717) is 4.68 Å². The van der Waals surface area contributed by atoms with Gasteiger partial charge in [0.25, 0.3) is 0 Å². The third-order valence-electron chi connectivity index (χ3n) is 2.91. The monoisotopic (exact) mass is 332 g/mol. The summed E-state index contributed by atoms with van der Waals surface area (Å²) in [7, 11) is 1.23. The zero-order chi connectivity index (χ0) is 17.2. The minimum atomic E-state index is -4.88. The summed E-state index contributed by atoms with van der Waals surface area (Å²) >= 11 is 0. The number of halogens is 4. The van der Waals surface area contributed by atoms with Gasteiger partial charge in [-0.05, 0) is 19.1 Å². The highest BCUT2D eigenvalue weighted by atomic mass is 19.4. The third kappa shape index (κ3) is 3.27. The lowest BCUT2D eigenvalue weighted by Gasteiger charge is -2.13. The van der Waals surface area contributed by atoms with Crippen molar-refractivity contribution in [2.24, 2.45) is 0 Å². The van der Waals surface area contributed by atoms with Crippen molar-refractivity contribution in [1.82, 2.24) is 9.78 Å². The standard InChI is InChI=1S/C14H12F4N2O3/c1-3-23-13(21)9-7-19-20(12(9)14(16,17)18)8-4-5-11(22-2)10(15)6-8/h4-7H,3H2,1-2H3. The van der Waals surface area contributed by atoms with Crippen molar-refractivity contribution >= 4 is 5.97 Å². The summed E-state index contributed by atoms with van der Waals surface area (Å²) in [4.78, 5) is 11.7. The normalized spacial score (nSPS) is 11.4. The van der Waals surface area contributed by atoms with E-state index >= 15 is 0 Å². The van der Waals surface area contributed by atoms with E-state index in [0.717, 1.165) is 18.3 Å². The van der Waals surface area contributed by atoms with E-state index in [1.54, 1.807) is 0 Å². The highest BCUT2D eigenvalue weighted by molar-refractivity contribution is 5.90. The van der Waals surface area contributed by atoms with Crippen molar-refractivity contribution in [1.29, 1.82) is 0 Å². The molecule has 1 heterocycles. The largest absolute Gasteiger partial charge is 0.494 e. The quantitative estimate of drug-likeness (QED) is 0.637. The molecule has 23 heavy (non-hydrogen) atoms.